The molecular weight excluding hydrogens is 132 g/mol. The number of aliphatic hydroxyl groups is 1. The Morgan fingerprint density at radius 1 is 1.70 bits per heavy atom. The summed E-state index contributed by atoms with van der Waals surface area (Å²) in [5.41, 5.74) is 0. The van der Waals surface area contributed by atoms with Gasteiger partial charge in [-0.25, -0.2) is 0 Å². The first-order valence-electron chi connectivity index (χ1n) is 3.50. The van der Waals surface area contributed by atoms with Crippen LogP contribution >= 0.6 is 0 Å². The maximum absolute atomic E-state index is 10.6. The lowest BCUT2D eigenvalue weighted by molar-refractivity contribution is -0.143. The number of esters is 1. The molecule has 0 rings (SSSR count). The Kier molecular flexibility index (Phi) is 4.94. The molecule has 0 aromatic heterocycles. The molecule has 0 aliphatic rings. The molecule has 0 saturated heterocycles. The van der Waals surface area contributed by atoms with E-state index >= 15 is 0 Å². The first-order valence-corrected chi connectivity index (χ1v) is 3.50. The number of hydrogen-bond donors (Lipinski definition) is 1. The summed E-state index contributed by atoms with van der Waals surface area (Å²) in [5.74, 6) is -0.233. The number of ether oxygens (including phenoxy) is 1. The molecule has 1 atom stereocenters. The van der Waals surface area contributed by atoms with E-state index in [1.807, 2.05) is 0 Å². The van der Waals surface area contributed by atoms with E-state index in [2.05, 4.69) is 4.74 Å². The van der Waals surface area contributed by atoms with Gasteiger partial charge in [-0.3, -0.25) is 4.79 Å². The number of carbonyl (C=O) groups excluding carboxylic acids is 1. The predicted octanol–water partition coefficient (Wildman–Crippen LogP) is 0.710. The smallest absolute Gasteiger partial charge is 0.305 e. The van der Waals surface area contributed by atoms with Crippen LogP contribution in [0.3, 0.4) is 0 Å². The van der Waals surface area contributed by atoms with Gasteiger partial charge in [0, 0.05) is 6.42 Å². The van der Waals surface area contributed by atoms with Gasteiger partial charge in [0.2, 0.25) is 0 Å². The third kappa shape index (κ3) is 5.56. The Morgan fingerprint density at radius 3 is 2.70 bits per heavy atom. The quantitative estimate of drug-likeness (QED) is 0.594. The van der Waals surface area contributed by atoms with Gasteiger partial charge in [0.1, 0.15) is 0 Å². The van der Waals surface area contributed by atoms with E-state index < -0.39 is 6.10 Å². The molecule has 0 saturated carbocycles. The summed E-state index contributed by atoms with van der Waals surface area (Å²) in [4.78, 5) is 10.6. The van der Waals surface area contributed by atoms with Gasteiger partial charge in [0.15, 0.2) is 0 Å². The molecular formula is C7H14O3. The molecule has 3 heteroatoms. The van der Waals surface area contributed by atoms with Crippen molar-refractivity contribution < 1.29 is 14.6 Å². The van der Waals surface area contributed by atoms with Crippen molar-refractivity contribution in [2.45, 2.75) is 32.8 Å². The zero-order valence-corrected chi connectivity index (χ0v) is 6.46. The fourth-order valence-corrected chi connectivity index (χ4v) is 0.560. The van der Waals surface area contributed by atoms with Crippen molar-refractivity contribution in [1.82, 2.24) is 0 Å². The fraction of sp³-hybridized carbons (Fsp3) is 0.857. The number of rotatable bonds is 4. The summed E-state index contributed by atoms with van der Waals surface area (Å²) in [6, 6.07) is 0. The molecule has 0 unspecified atom stereocenters. The average Bonchev–Trinajstić information content (AvgIpc) is 1.85. The standard InChI is InChI=1S/C7H14O3/c1-3-10-7(9)5-4-6(2)8/h6,8H,3-5H2,1-2H3/t6-/m0/s1. The molecule has 0 amide bonds. The van der Waals surface area contributed by atoms with Crippen molar-refractivity contribution in [3.8, 4) is 0 Å². The predicted molar refractivity (Wildman–Crippen MR) is 37.5 cm³/mol. The second-order valence-electron chi connectivity index (χ2n) is 2.19. The molecule has 10 heavy (non-hydrogen) atoms. The summed E-state index contributed by atoms with van der Waals surface area (Å²) in [7, 11) is 0. The first-order chi connectivity index (χ1) is 4.66. The molecule has 0 aromatic rings. The number of carbonyl (C=O) groups is 1. The normalized spacial score (nSPS) is 12.7. The van der Waals surface area contributed by atoms with Gasteiger partial charge in [-0.2, -0.15) is 0 Å². The van der Waals surface area contributed by atoms with Crippen molar-refractivity contribution in [2.24, 2.45) is 0 Å². The SMILES string of the molecule is CCOC(=O)CC[C@H](C)O. The van der Waals surface area contributed by atoms with Crippen LogP contribution in [0.1, 0.15) is 26.7 Å². The molecule has 3 nitrogen and oxygen atoms in total. The maximum Gasteiger partial charge on any atom is 0.305 e. The highest BCUT2D eigenvalue weighted by Gasteiger charge is 2.03. The number of hydrogen-bond acceptors (Lipinski definition) is 3. The van der Waals surface area contributed by atoms with Crippen molar-refractivity contribution in [3.63, 3.8) is 0 Å². The van der Waals surface area contributed by atoms with Crippen molar-refractivity contribution in [3.05, 3.63) is 0 Å². The number of aliphatic hydroxyl groups excluding tert-OH is 1. The summed E-state index contributed by atoms with van der Waals surface area (Å²) >= 11 is 0. The summed E-state index contributed by atoms with van der Waals surface area (Å²) in [6.07, 6.45) is 0.383. The Bertz CT molecular complexity index is 99.0. The van der Waals surface area contributed by atoms with Gasteiger partial charge >= 0.3 is 5.97 Å². The molecule has 0 aliphatic heterocycles. The first kappa shape index (κ1) is 9.43. The minimum absolute atomic E-state index is 0.233. The molecule has 0 bridgehead atoms. The van der Waals surface area contributed by atoms with E-state index in [1.54, 1.807) is 13.8 Å². The minimum atomic E-state index is -0.413. The van der Waals surface area contributed by atoms with Crippen LogP contribution in [0, 0.1) is 0 Å². The minimum Gasteiger partial charge on any atom is -0.466 e. The Hall–Kier alpha value is -0.570. The Balaban J connectivity index is 3.22. The van der Waals surface area contributed by atoms with Crippen molar-refractivity contribution in [2.75, 3.05) is 6.61 Å². The van der Waals surface area contributed by atoms with Gasteiger partial charge in [0.05, 0.1) is 12.7 Å². The lowest BCUT2D eigenvalue weighted by Crippen LogP contribution is -2.08. The van der Waals surface area contributed by atoms with E-state index in [1.165, 1.54) is 0 Å². The Labute approximate surface area is 61.0 Å². The fourth-order valence-electron chi connectivity index (χ4n) is 0.560. The van der Waals surface area contributed by atoms with Crippen LogP contribution < -0.4 is 0 Å². The van der Waals surface area contributed by atoms with E-state index in [0.29, 0.717) is 19.4 Å². The van der Waals surface area contributed by atoms with Gasteiger partial charge < -0.3 is 9.84 Å². The van der Waals surface area contributed by atoms with Crippen molar-refractivity contribution >= 4 is 5.97 Å². The summed E-state index contributed by atoms with van der Waals surface area (Å²) < 4.78 is 4.64. The molecule has 0 aromatic carbocycles. The van der Waals surface area contributed by atoms with Crippen LogP contribution in [0.5, 0.6) is 0 Å². The van der Waals surface area contributed by atoms with Gasteiger partial charge in [-0.15, -0.1) is 0 Å². The van der Waals surface area contributed by atoms with Gasteiger partial charge in [-0.1, -0.05) is 0 Å². The summed E-state index contributed by atoms with van der Waals surface area (Å²) in [5, 5.41) is 8.76. The molecule has 0 spiro atoms. The van der Waals surface area contributed by atoms with Crippen LogP contribution in [0.4, 0.5) is 0 Å². The summed E-state index contributed by atoms with van der Waals surface area (Å²) in [6.45, 7) is 3.83. The van der Waals surface area contributed by atoms with E-state index in [-0.39, 0.29) is 5.97 Å². The molecule has 1 N–H and O–H groups in total. The monoisotopic (exact) mass is 146 g/mol. The molecule has 60 valence electrons. The average molecular weight is 146 g/mol. The highest BCUT2D eigenvalue weighted by atomic mass is 16.5. The van der Waals surface area contributed by atoms with Crippen LogP contribution in [0.2, 0.25) is 0 Å². The van der Waals surface area contributed by atoms with Crippen LogP contribution in [-0.4, -0.2) is 23.8 Å². The zero-order valence-electron chi connectivity index (χ0n) is 6.46. The second kappa shape index (κ2) is 5.23. The molecule has 0 fully saturated rings. The largest absolute Gasteiger partial charge is 0.466 e. The molecule has 0 aliphatic carbocycles. The lowest BCUT2D eigenvalue weighted by Gasteiger charge is -2.02. The maximum atomic E-state index is 10.6. The van der Waals surface area contributed by atoms with Crippen molar-refractivity contribution in [1.29, 1.82) is 0 Å². The zero-order chi connectivity index (χ0) is 7.98. The van der Waals surface area contributed by atoms with Crippen LogP contribution in [-0.2, 0) is 9.53 Å². The van der Waals surface area contributed by atoms with Crippen LogP contribution in [0.15, 0.2) is 0 Å². The Morgan fingerprint density at radius 2 is 2.30 bits per heavy atom. The lowest BCUT2D eigenvalue weighted by atomic mass is 10.2. The van der Waals surface area contributed by atoms with E-state index in [4.69, 9.17) is 5.11 Å². The van der Waals surface area contributed by atoms with Gasteiger partial charge in [0.25, 0.3) is 0 Å². The van der Waals surface area contributed by atoms with E-state index in [9.17, 15) is 4.79 Å². The third-order valence-corrected chi connectivity index (χ3v) is 1.07. The third-order valence-electron chi connectivity index (χ3n) is 1.07. The van der Waals surface area contributed by atoms with Crippen LogP contribution in [0.25, 0.3) is 0 Å². The topological polar surface area (TPSA) is 46.5 Å². The van der Waals surface area contributed by atoms with Gasteiger partial charge in [-0.05, 0) is 20.3 Å². The highest BCUT2D eigenvalue weighted by molar-refractivity contribution is 5.69. The second-order valence-corrected chi connectivity index (χ2v) is 2.19. The molecule has 0 radical (unpaired) electrons. The highest BCUT2D eigenvalue weighted by Crippen LogP contribution is 1.96. The molecule has 0 heterocycles. The van der Waals surface area contributed by atoms with E-state index in [0.717, 1.165) is 0 Å².